The highest BCUT2D eigenvalue weighted by molar-refractivity contribution is 6.30. The highest BCUT2D eigenvalue weighted by Crippen LogP contribution is 2.33. The van der Waals surface area contributed by atoms with Crippen molar-refractivity contribution in [2.75, 3.05) is 7.11 Å². The summed E-state index contributed by atoms with van der Waals surface area (Å²) in [4.78, 5) is 12.2. The number of hydrogen-bond donors (Lipinski definition) is 0. The first-order chi connectivity index (χ1) is 12.1. The lowest BCUT2D eigenvalue weighted by molar-refractivity contribution is -0.136. The minimum Gasteiger partial charge on any atom is -0.466 e. The van der Waals surface area contributed by atoms with Crippen LogP contribution >= 0.6 is 11.6 Å². The molecule has 3 aromatic rings. The number of rotatable bonds is 4. The van der Waals surface area contributed by atoms with Crippen LogP contribution in [0, 0.1) is 11.3 Å². The Kier molecular flexibility index (Phi) is 4.60. The molecule has 3 rings (SSSR count). The van der Waals surface area contributed by atoms with Crippen molar-refractivity contribution in [2.45, 2.75) is 6.04 Å². The molecule has 0 saturated carbocycles. The second kappa shape index (κ2) is 6.84. The van der Waals surface area contributed by atoms with Gasteiger partial charge in [-0.25, -0.2) is 4.79 Å². The van der Waals surface area contributed by atoms with Gasteiger partial charge in [-0.15, -0.1) is 0 Å². The minimum absolute atomic E-state index is 0.273. The second-order valence-corrected chi connectivity index (χ2v) is 5.99. The monoisotopic (exact) mass is 350 g/mol. The fraction of sp³-hybridized carbons (Fsp3) is 0.100. The van der Waals surface area contributed by atoms with Crippen LogP contribution in [0.25, 0.3) is 10.9 Å². The SMILES string of the molecule is C=C(C(=O)OC)C(c1ccc(Cl)cc1)n1cc(C#N)c2ccccc21. The van der Waals surface area contributed by atoms with Crippen LogP contribution in [-0.2, 0) is 9.53 Å². The number of benzene rings is 2. The zero-order valence-corrected chi connectivity index (χ0v) is 14.3. The van der Waals surface area contributed by atoms with E-state index < -0.39 is 12.0 Å². The number of nitriles is 1. The Morgan fingerprint density at radius 1 is 1.24 bits per heavy atom. The number of aromatic nitrogens is 1. The number of nitrogens with zero attached hydrogens (tertiary/aromatic N) is 2. The molecular weight excluding hydrogens is 336 g/mol. The molecule has 0 saturated heterocycles. The summed E-state index contributed by atoms with van der Waals surface area (Å²) in [5.74, 6) is -0.503. The van der Waals surface area contributed by atoms with Crippen LogP contribution in [0.1, 0.15) is 17.2 Å². The van der Waals surface area contributed by atoms with Crippen molar-refractivity contribution in [2.24, 2.45) is 0 Å². The molecule has 1 heterocycles. The lowest BCUT2D eigenvalue weighted by Crippen LogP contribution is -2.18. The van der Waals surface area contributed by atoms with Crippen molar-refractivity contribution in [3.63, 3.8) is 0 Å². The van der Waals surface area contributed by atoms with E-state index in [-0.39, 0.29) is 5.57 Å². The Morgan fingerprint density at radius 2 is 1.92 bits per heavy atom. The molecule has 0 N–H and O–H groups in total. The number of methoxy groups -OCH3 is 1. The van der Waals surface area contributed by atoms with Crippen molar-refractivity contribution in [1.29, 1.82) is 5.26 Å². The van der Waals surface area contributed by atoms with Crippen LogP contribution in [0.2, 0.25) is 5.02 Å². The molecule has 1 unspecified atom stereocenters. The molecule has 4 nitrogen and oxygen atoms in total. The quantitative estimate of drug-likeness (QED) is 0.514. The van der Waals surface area contributed by atoms with E-state index in [1.165, 1.54) is 7.11 Å². The van der Waals surface area contributed by atoms with E-state index in [0.717, 1.165) is 16.5 Å². The van der Waals surface area contributed by atoms with Crippen LogP contribution in [0.15, 0.2) is 66.9 Å². The van der Waals surface area contributed by atoms with Gasteiger partial charge in [-0.2, -0.15) is 5.26 Å². The number of hydrogen-bond acceptors (Lipinski definition) is 3. The first-order valence-corrected chi connectivity index (χ1v) is 7.97. The fourth-order valence-corrected chi connectivity index (χ4v) is 3.05. The average molecular weight is 351 g/mol. The molecule has 1 aromatic heterocycles. The van der Waals surface area contributed by atoms with Gasteiger partial charge in [-0.05, 0) is 23.8 Å². The predicted molar refractivity (Wildman–Crippen MR) is 97.4 cm³/mol. The molecule has 25 heavy (non-hydrogen) atoms. The van der Waals surface area contributed by atoms with Gasteiger partial charge in [0, 0.05) is 16.6 Å². The van der Waals surface area contributed by atoms with Gasteiger partial charge in [0.1, 0.15) is 6.07 Å². The number of carbonyl (C=O) groups excluding carboxylic acids is 1. The van der Waals surface area contributed by atoms with Crippen LogP contribution < -0.4 is 0 Å². The molecule has 0 fully saturated rings. The summed E-state index contributed by atoms with van der Waals surface area (Å²) in [7, 11) is 1.32. The number of esters is 1. The van der Waals surface area contributed by atoms with Gasteiger partial charge in [0.15, 0.2) is 0 Å². The maximum Gasteiger partial charge on any atom is 0.335 e. The Morgan fingerprint density at radius 3 is 2.56 bits per heavy atom. The molecule has 1 atom stereocenters. The number of ether oxygens (including phenoxy) is 1. The van der Waals surface area contributed by atoms with Crippen LogP contribution in [0.3, 0.4) is 0 Å². The topological polar surface area (TPSA) is 55.0 Å². The smallest absolute Gasteiger partial charge is 0.335 e. The Balaban J connectivity index is 2.25. The van der Waals surface area contributed by atoms with Gasteiger partial charge >= 0.3 is 5.97 Å². The maximum atomic E-state index is 12.2. The van der Waals surface area contributed by atoms with E-state index in [1.54, 1.807) is 18.3 Å². The molecule has 0 aliphatic heterocycles. The number of halogens is 1. The molecule has 0 aliphatic carbocycles. The average Bonchev–Trinajstić information content (AvgIpc) is 3.01. The van der Waals surface area contributed by atoms with E-state index in [1.807, 2.05) is 41.0 Å². The van der Waals surface area contributed by atoms with Crippen LogP contribution in [0.4, 0.5) is 0 Å². The van der Waals surface area contributed by atoms with Crippen molar-refractivity contribution in [3.8, 4) is 6.07 Å². The zero-order chi connectivity index (χ0) is 18.0. The van der Waals surface area contributed by atoms with E-state index in [2.05, 4.69) is 12.6 Å². The van der Waals surface area contributed by atoms with Gasteiger partial charge < -0.3 is 9.30 Å². The third-order valence-electron chi connectivity index (χ3n) is 4.10. The summed E-state index contributed by atoms with van der Waals surface area (Å²) in [6.45, 7) is 3.93. The summed E-state index contributed by atoms with van der Waals surface area (Å²) in [6.07, 6.45) is 1.73. The first-order valence-electron chi connectivity index (χ1n) is 7.59. The van der Waals surface area contributed by atoms with Crippen molar-refractivity contribution < 1.29 is 9.53 Å². The molecule has 0 bridgehead atoms. The number of para-hydroxylation sites is 1. The molecule has 0 radical (unpaired) electrons. The molecule has 2 aromatic carbocycles. The summed E-state index contributed by atoms with van der Waals surface area (Å²) in [5, 5.41) is 10.9. The Labute approximate surface area is 150 Å². The van der Waals surface area contributed by atoms with Gasteiger partial charge in [0.2, 0.25) is 0 Å². The second-order valence-electron chi connectivity index (χ2n) is 5.55. The lowest BCUT2D eigenvalue weighted by atomic mass is 9.99. The van der Waals surface area contributed by atoms with Crippen LogP contribution in [0.5, 0.6) is 0 Å². The molecule has 0 aliphatic rings. The highest BCUT2D eigenvalue weighted by atomic mass is 35.5. The zero-order valence-electron chi connectivity index (χ0n) is 13.6. The van der Waals surface area contributed by atoms with E-state index in [4.69, 9.17) is 16.3 Å². The maximum absolute atomic E-state index is 12.2. The van der Waals surface area contributed by atoms with Gasteiger partial charge in [0.25, 0.3) is 0 Å². The molecule has 5 heteroatoms. The van der Waals surface area contributed by atoms with Gasteiger partial charge in [-0.3, -0.25) is 0 Å². The third-order valence-corrected chi connectivity index (χ3v) is 4.35. The first kappa shape index (κ1) is 16.8. The lowest BCUT2D eigenvalue weighted by Gasteiger charge is -2.22. The molecular formula is C20H15ClN2O2. The Bertz CT molecular complexity index is 997. The van der Waals surface area contributed by atoms with Crippen LogP contribution in [-0.4, -0.2) is 17.6 Å². The number of carbonyl (C=O) groups is 1. The van der Waals surface area contributed by atoms with E-state index >= 15 is 0 Å². The van der Waals surface area contributed by atoms with Gasteiger partial charge in [0.05, 0.1) is 29.8 Å². The van der Waals surface area contributed by atoms with E-state index in [9.17, 15) is 10.1 Å². The van der Waals surface area contributed by atoms with Crippen molar-refractivity contribution in [1.82, 2.24) is 4.57 Å². The summed E-state index contributed by atoms with van der Waals surface area (Å²) in [5.41, 5.74) is 2.47. The third kappa shape index (κ3) is 3.02. The van der Waals surface area contributed by atoms with E-state index in [0.29, 0.717) is 10.6 Å². The standard InChI is InChI=1S/C20H15ClN2O2/c1-13(20(24)25-2)19(14-7-9-16(21)10-8-14)23-12-15(11-22)17-5-3-4-6-18(17)23/h3-10,12,19H,1H2,2H3. The summed E-state index contributed by atoms with van der Waals surface area (Å²) in [6, 6.07) is 16.4. The predicted octanol–water partition coefficient (Wildman–Crippen LogP) is 4.48. The number of fused-ring (bicyclic) bond motifs is 1. The summed E-state index contributed by atoms with van der Waals surface area (Å²) < 4.78 is 6.73. The largest absolute Gasteiger partial charge is 0.466 e. The summed E-state index contributed by atoms with van der Waals surface area (Å²) >= 11 is 5.99. The van der Waals surface area contributed by atoms with Crippen molar-refractivity contribution in [3.05, 3.63) is 83.0 Å². The van der Waals surface area contributed by atoms with Crippen molar-refractivity contribution >= 4 is 28.5 Å². The highest BCUT2D eigenvalue weighted by Gasteiger charge is 2.25. The molecule has 0 spiro atoms. The fourth-order valence-electron chi connectivity index (χ4n) is 2.92. The minimum atomic E-state index is -0.503. The molecule has 0 amide bonds. The normalized spacial score (nSPS) is 11.7. The molecule has 124 valence electrons. The Hall–Kier alpha value is -3.03. The van der Waals surface area contributed by atoms with Gasteiger partial charge in [-0.1, -0.05) is 48.5 Å².